The summed E-state index contributed by atoms with van der Waals surface area (Å²) >= 11 is 0. The van der Waals surface area contributed by atoms with Gasteiger partial charge in [0.1, 0.15) is 17.9 Å². The lowest BCUT2D eigenvalue weighted by Gasteiger charge is -2.24. The average molecular weight is 462 g/mol. The van der Waals surface area contributed by atoms with Crippen LogP contribution in [0.1, 0.15) is 40.0 Å². The van der Waals surface area contributed by atoms with E-state index in [1.54, 1.807) is 34.0 Å². The number of carbonyl (C=O) groups is 2. The summed E-state index contributed by atoms with van der Waals surface area (Å²) < 4.78 is 12.5. The standard InChI is InChI=1S/C26H27N3O5/c1-18(20-6-4-3-5-7-20)25(31)28-13-10-21-24(26(32)33-2)22(16-23(30)29(21)15-14-28)34-17-19-8-11-27-12-9-19/h3-9,11-12,16,18H,10,13-15,17H2,1-2H3/t18-/m1/s1. The van der Waals surface area contributed by atoms with Crippen molar-refractivity contribution in [1.82, 2.24) is 14.5 Å². The second-order valence-electron chi connectivity index (χ2n) is 8.16. The highest BCUT2D eigenvalue weighted by atomic mass is 16.5. The van der Waals surface area contributed by atoms with Gasteiger partial charge in [0.15, 0.2) is 0 Å². The first kappa shape index (κ1) is 23.2. The van der Waals surface area contributed by atoms with Crippen molar-refractivity contribution in [2.45, 2.75) is 32.4 Å². The van der Waals surface area contributed by atoms with Crippen LogP contribution in [0.15, 0.2) is 65.7 Å². The van der Waals surface area contributed by atoms with E-state index in [2.05, 4.69) is 4.98 Å². The fraction of sp³-hybridized carbons (Fsp3) is 0.308. The number of esters is 1. The number of aromatic nitrogens is 2. The Hall–Kier alpha value is -3.94. The van der Waals surface area contributed by atoms with E-state index in [1.165, 1.54) is 13.2 Å². The Labute approximate surface area is 197 Å². The molecule has 0 N–H and O–H groups in total. The summed E-state index contributed by atoms with van der Waals surface area (Å²) in [4.78, 5) is 44.6. The number of hydrogen-bond acceptors (Lipinski definition) is 6. The lowest BCUT2D eigenvalue weighted by atomic mass is 9.99. The van der Waals surface area contributed by atoms with E-state index in [0.29, 0.717) is 25.2 Å². The fourth-order valence-corrected chi connectivity index (χ4v) is 4.20. The minimum Gasteiger partial charge on any atom is -0.488 e. The quantitative estimate of drug-likeness (QED) is 0.525. The molecule has 1 aliphatic rings. The van der Waals surface area contributed by atoms with Gasteiger partial charge in [-0.3, -0.25) is 14.6 Å². The van der Waals surface area contributed by atoms with Gasteiger partial charge in [-0.1, -0.05) is 30.3 Å². The van der Waals surface area contributed by atoms with E-state index in [4.69, 9.17) is 9.47 Å². The van der Waals surface area contributed by atoms with Gasteiger partial charge < -0.3 is 18.9 Å². The number of amides is 1. The first-order valence-corrected chi connectivity index (χ1v) is 11.2. The number of pyridine rings is 2. The number of ether oxygens (including phenoxy) is 2. The maximum Gasteiger partial charge on any atom is 0.343 e. The third kappa shape index (κ3) is 4.85. The first-order chi connectivity index (χ1) is 16.5. The van der Waals surface area contributed by atoms with Crippen LogP contribution in [0.5, 0.6) is 5.75 Å². The van der Waals surface area contributed by atoms with Crippen molar-refractivity contribution in [1.29, 1.82) is 0 Å². The van der Waals surface area contributed by atoms with Gasteiger partial charge in [-0.2, -0.15) is 0 Å². The number of hydrogen-bond donors (Lipinski definition) is 0. The van der Waals surface area contributed by atoms with Crippen molar-refractivity contribution in [3.63, 3.8) is 0 Å². The second-order valence-corrected chi connectivity index (χ2v) is 8.16. The SMILES string of the molecule is COC(=O)c1c(OCc2ccncc2)cc(=O)n2c1CCN(C(=O)[C@H](C)c1ccccc1)CC2. The predicted molar refractivity (Wildman–Crippen MR) is 126 cm³/mol. The Balaban J connectivity index is 1.61. The van der Waals surface area contributed by atoms with E-state index in [1.807, 2.05) is 37.3 Å². The van der Waals surface area contributed by atoms with Crippen molar-refractivity contribution in [3.8, 4) is 5.75 Å². The summed E-state index contributed by atoms with van der Waals surface area (Å²) in [5, 5.41) is 0. The molecule has 8 heteroatoms. The molecule has 0 saturated carbocycles. The molecule has 0 unspecified atom stereocenters. The van der Waals surface area contributed by atoms with Crippen LogP contribution < -0.4 is 10.3 Å². The topological polar surface area (TPSA) is 90.7 Å². The Morgan fingerprint density at radius 1 is 1.06 bits per heavy atom. The molecule has 176 valence electrons. The third-order valence-corrected chi connectivity index (χ3v) is 6.11. The maximum atomic E-state index is 13.2. The average Bonchev–Trinajstić information content (AvgIpc) is 3.11. The maximum absolute atomic E-state index is 13.2. The Morgan fingerprint density at radius 3 is 2.50 bits per heavy atom. The summed E-state index contributed by atoms with van der Waals surface area (Å²) in [6.07, 6.45) is 3.63. The molecule has 0 saturated heterocycles. The fourth-order valence-electron chi connectivity index (χ4n) is 4.20. The first-order valence-electron chi connectivity index (χ1n) is 11.2. The number of benzene rings is 1. The number of rotatable bonds is 6. The van der Waals surface area contributed by atoms with Gasteiger partial charge in [-0.25, -0.2) is 4.79 Å². The van der Waals surface area contributed by atoms with Gasteiger partial charge in [0.05, 0.1) is 13.0 Å². The van der Waals surface area contributed by atoms with Crippen LogP contribution in [0.3, 0.4) is 0 Å². The normalized spacial score (nSPS) is 14.0. The monoisotopic (exact) mass is 461 g/mol. The second kappa shape index (κ2) is 10.3. The molecule has 3 aromatic rings. The molecule has 2 aromatic heterocycles. The van der Waals surface area contributed by atoms with Crippen LogP contribution >= 0.6 is 0 Å². The molecule has 1 atom stereocenters. The molecule has 1 aliphatic heterocycles. The number of methoxy groups -OCH3 is 1. The summed E-state index contributed by atoms with van der Waals surface area (Å²) in [5.41, 5.74) is 2.26. The van der Waals surface area contributed by atoms with Gasteiger partial charge in [-0.05, 0) is 30.2 Å². The van der Waals surface area contributed by atoms with E-state index in [0.717, 1.165) is 11.1 Å². The minimum absolute atomic E-state index is 0.0131. The minimum atomic E-state index is -0.578. The highest BCUT2D eigenvalue weighted by Crippen LogP contribution is 2.26. The molecule has 1 aromatic carbocycles. The number of fused-ring (bicyclic) bond motifs is 1. The summed E-state index contributed by atoms with van der Waals surface area (Å²) in [5.74, 6) is -0.720. The lowest BCUT2D eigenvalue weighted by molar-refractivity contribution is -0.132. The van der Waals surface area contributed by atoms with Crippen LogP contribution in [-0.4, -0.2) is 46.5 Å². The predicted octanol–water partition coefficient (Wildman–Crippen LogP) is 2.80. The molecule has 0 fully saturated rings. The van der Waals surface area contributed by atoms with Crippen molar-refractivity contribution in [2.24, 2.45) is 0 Å². The Bertz CT molecular complexity index is 1220. The van der Waals surface area contributed by atoms with Gasteiger partial charge in [0.2, 0.25) is 5.91 Å². The zero-order chi connectivity index (χ0) is 24.1. The molecule has 0 spiro atoms. The highest BCUT2D eigenvalue weighted by molar-refractivity contribution is 5.93. The molecule has 0 radical (unpaired) electrons. The zero-order valence-corrected chi connectivity index (χ0v) is 19.3. The summed E-state index contributed by atoms with van der Waals surface area (Å²) in [6, 6.07) is 14.5. The molecule has 4 rings (SSSR count). The van der Waals surface area contributed by atoms with E-state index >= 15 is 0 Å². The summed E-state index contributed by atoms with van der Waals surface area (Å²) in [6.45, 7) is 3.10. The third-order valence-electron chi connectivity index (χ3n) is 6.11. The largest absolute Gasteiger partial charge is 0.488 e. The molecule has 3 heterocycles. The molecular weight excluding hydrogens is 434 g/mol. The van der Waals surface area contributed by atoms with Gasteiger partial charge in [0, 0.05) is 50.2 Å². The van der Waals surface area contributed by atoms with Crippen molar-refractivity contribution < 1.29 is 19.1 Å². The molecule has 8 nitrogen and oxygen atoms in total. The molecular formula is C26H27N3O5. The van der Waals surface area contributed by atoms with Crippen LogP contribution in [0.25, 0.3) is 0 Å². The van der Waals surface area contributed by atoms with Crippen molar-refractivity contribution >= 4 is 11.9 Å². The van der Waals surface area contributed by atoms with Crippen LogP contribution in [0, 0.1) is 0 Å². The Morgan fingerprint density at radius 2 is 1.79 bits per heavy atom. The number of carbonyl (C=O) groups excluding carboxylic acids is 2. The zero-order valence-electron chi connectivity index (χ0n) is 19.3. The van der Waals surface area contributed by atoms with Gasteiger partial charge >= 0.3 is 5.97 Å². The highest BCUT2D eigenvalue weighted by Gasteiger charge is 2.29. The van der Waals surface area contributed by atoms with Gasteiger partial charge in [0.25, 0.3) is 5.56 Å². The molecule has 1 amide bonds. The summed E-state index contributed by atoms with van der Waals surface area (Å²) in [7, 11) is 1.30. The lowest BCUT2D eigenvalue weighted by Crippen LogP contribution is -2.36. The smallest absolute Gasteiger partial charge is 0.343 e. The van der Waals surface area contributed by atoms with Crippen molar-refractivity contribution in [3.05, 3.63) is 93.7 Å². The molecule has 34 heavy (non-hydrogen) atoms. The van der Waals surface area contributed by atoms with E-state index in [9.17, 15) is 14.4 Å². The number of nitrogens with zero attached hydrogens (tertiary/aromatic N) is 3. The van der Waals surface area contributed by atoms with Crippen LogP contribution in [0.4, 0.5) is 0 Å². The molecule has 0 aliphatic carbocycles. The van der Waals surface area contributed by atoms with Crippen LogP contribution in [0.2, 0.25) is 0 Å². The van der Waals surface area contributed by atoms with E-state index < -0.39 is 5.97 Å². The van der Waals surface area contributed by atoms with Crippen molar-refractivity contribution in [2.75, 3.05) is 20.2 Å². The van der Waals surface area contributed by atoms with Crippen LogP contribution in [-0.2, 0) is 29.1 Å². The molecule has 0 bridgehead atoms. The van der Waals surface area contributed by atoms with E-state index in [-0.39, 0.29) is 41.8 Å². The Kier molecular flexibility index (Phi) is 7.06. The van der Waals surface area contributed by atoms with Gasteiger partial charge in [-0.15, -0.1) is 0 Å².